The molecular weight excluding hydrogens is 286 g/mol. The van der Waals surface area contributed by atoms with Crippen LogP contribution in [0.5, 0.6) is 5.75 Å². The Morgan fingerprint density at radius 1 is 1.43 bits per heavy atom. The highest BCUT2D eigenvalue weighted by Gasteiger charge is 2.19. The summed E-state index contributed by atoms with van der Waals surface area (Å²) in [6, 6.07) is 7.55. The Labute approximate surface area is 128 Å². The lowest BCUT2D eigenvalue weighted by molar-refractivity contribution is 0.0944. The first-order valence-electron chi connectivity index (χ1n) is 6.77. The third-order valence-corrected chi connectivity index (χ3v) is 4.15. The summed E-state index contributed by atoms with van der Waals surface area (Å²) in [5, 5.41) is 2.90. The number of amides is 1. The highest BCUT2D eigenvalue weighted by Crippen LogP contribution is 2.31. The first kappa shape index (κ1) is 15.3. The number of nitrogens with two attached hydrogens (primary N) is 1. The van der Waals surface area contributed by atoms with Gasteiger partial charge < -0.3 is 15.8 Å². The van der Waals surface area contributed by atoms with Crippen molar-refractivity contribution in [3.8, 4) is 17.0 Å². The van der Waals surface area contributed by atoms with Crippen molar-refractivity contribution in [2.24, 2.45) is 0 Å². The Morgan fingerprint density at radius 2 is 2.10 bits per heavy atom. The molecule has 0 saturated carbocycles. The quantitative estimate of drug-likeness (QED) is 0.890. The standard InChI is InChI=1S/C15H19N3O2S/c1-4-9(2)17-15(19)14-12(16)13(18-21-14)10-5-7-11(20-3)8-6-10/h5-9H,4,16H2,1-3H3,(H,17,19). The molecule has 2 aromatic rings. The minimum absolute atomic E-state index is 0.114. The van der Waals surface area contributed by atoms with E-state index in [4.69, 9.17) is 10.5 Å². The molecule has 0 fully saturated rings. The molecule has 1 unspecified atom stereocenters. The van der Waals surface area contributed by atoms with Crippen LogP contribution in [-0.4, -0.2) is 23.4 Å². The number of ether oxygens (including phenoxy) is 1. The number of aromatic nitrogens is 1. The molecular formula is C15H19N3O2S. The van der Waals surface area contributed by atoms with Crippen molar-refractivity contribution >= 4 is 23.1 Å². The number of methoxy groups -OCH3 is 1. The fourth-order valence-electron chi connectivity index (χ4n) is 1.81. The number of carbonyl (C=O) groups is 1. The van der Waals surface area contributed by atoms with Gasteiger partial charge in [-0.25, -0.2) is 0 Å². The molecule has 0 bridgehead atoms. The van der Waals surface area contributed by atoms with Crippen molar-refractivity contribution in [2.45, 2.75) is 26.3 Å². The molecule has 1 atom stereocenters. The zero-order valence-electron chi connectivity index (χ0n) is 12.3. The SMILES string of the molecule is CCC(C)NC(=O)c1snc(-c2ccc(OC)cc2)c1N. The number of nitrogens with one attached hydrogen (secondary N) is 1. The zero-order valence-corrected chi connectivity index (χ0v) is 13.2. The number of benzene rings is 1. The largest absolute Gasteiger partial charge is 0.497 e. The summed E-state index contributed by atoms with van der Waals surface area (Å²) in [6.45, 7) is 3.98. The molecule has 2 rings (SSSR count). The van der Waals surface area contributed by atoms with Crippen LogP contribution in [0, 0.1) is 0 Å². The van der Waals surface area contributed by atoms with E-state index in [1.165, 1.54) is 0 Å². The Kier molecular flexibility index (Phi) is 4.80. The first-order chi connectivity index (χ1) is 10.1. The maximum Gasteiger partial charge on any atom is 0.265 e. The number of nitrogen functional groups attached to an aromatic ring is 1. The lowest BCUT2D eigenvalue weighted by Crippen LogP contribution is -2.31. The van der Waals surface area contributed by atoms with Gasteiger partial charge in [0.25, 0.3) is 5.91 Å². The predicted octanol–water partition coefficient (Wildman–Crippen LogP) is 2.93. The number of hydrogen-bond donors (Lipinski definition) is 2. The molecule has 112 valence electrons. The lowest BCUT2D eigenvalue weighted by Gasteiger charge is -2.10. The highest BCUT2D eigenvalue weighted by molar-refractivity contribution is 7.09. The van der Waals surface area contributed by atoms with E-state index in [9.17, 15) is 4.79 Å². The Balaban J connectivity index is 2.25. The molecule has 0 aliphatic heterocycles. The second-order valence-corrected chi connectivity index (χ2v) is 5.56. The summed E-state index contributed by atoms with van der Waals surface area (Å²) in [4.78, 5) is 12.6. The van der Waals surface area contributed by atoms with E-state index in [0.29, 0.717) is 16.3 Å². The van der Waals surface area contributed by atoms with E-state index in [2.05, 4.69) is 9.69 Å². The van der Waals surface area contributed by atoms with Gasteiger partial charge in [-0.1, -0.05) is 6.92 Å². The molecule has 0 radical (unpaired) electrons. The zero-order chi connectivity index (χ0) is 15.4. The Bertz CT molecular complexity index is 622. The molecule has 6 heteroatoms. The van der Waals surface area contributed by atoms with E-state index in [-0.39, 0.29) is 11.9 Å². The van der Waals surface area contributed by atoms with Gasteiger partial charge in [0.05, 0.1) is 12.8 Å². The van der Waals surface area contributed by atoms with Gasteiger partial charge in [0.2, 0.25) is 0 Å². The monoisotopic (exact) mass is 305 g/mol. The van der Waals surface area contributed by atoms with Crippen LogP contribution in [0.2, 0.25) is 0 Å². The van der Waals surface area contributed by atoms with E-state index in [1.54, 1.807) is 7.11 Å². The predicted molar refractivity (Wildman–Crippen MR) is 85.7 cm³/mol. The molecule has 5 nitrogen and oxygen atoms in total. The topological polar surface area (TPSA) is 77.2 Å². The van der Waals surface area contributed by atoms with Gasteiger partial charge in [-0.05, 0) is 49.1 Å². The van der Waals surface area contributed by atoms with Gasteiger partial charge in [-0.3, -0.25) is 4.79 Å². The van der Waals surface area contributed by atoms with Crippen molar-refractivity contribution in [1.82, 2.24) is 9.69 Å². The average Bonchev–Trinajstić information content (AvgIpc) is 2.89. The lowest BCUT2D eigenvalue weighted by atomic mass is 10.1. The van der Waals surface area contributed by atoms with Gasteiger partial charge in [0.1, 0.15) is 16.3 Å². The van der Waals surface area contributed by atoms with Crippen LogP contribution in [0.4, 0.5) is 5.69 Å². The van der Waals surface area contributed by atoms with Gasteiger partial charge in [-0.2, -0.15) is 4.37 Å². The second kappa shape index (κ2) is 6.58. The van der Waals surface area contributed by atoms with Crippen molar-refractivity contribution in [1.29, 1.82) is 0 Å². The van der Waals surface area contributed by atoms with Crippen LogP contribution >= 0.6 is 11.5 Å². The summed E-state index contributed by atoms with van der Waals surface area (Å²) in [7, 11) is 1.61. The first-order valence-corrected chi connectivity index (χ1v) is 7.54. The van der Waals surface area contributed by atoms with E-state index >= 15 is 0 Å². The van der Waals surface area contributed by atoms with E-state index < -0.39 is 0 Å². The summed E-state index contributed by atoms with van der Waals surface area (Å²) in [6.07, 6.45) is 0.871. The fourth-order valence-corrected chi connectivity index (χ4v) is 2.53. The third kappa shape index (κ3) is 3.33. The van der Waals surface area contributed by atoms with E-state index in [0.717, 1.165) is 29.3 Å². The molecule has 3 N–H and O–H groups in total. The summed E-state index contributed by atoms with van der Waals surface area (Å²) < 4.78 is 9.43. The van der Waals surface area contributed by atoms with Crippen molar-refractivity contribution in [3.05, 3.63) is 29.1 Å². The van der Waals surface area contributed by atoms with Crippen LogP contribution in [-0.2, 0) is 0 Å². The minimum Gasteiger partial charge on any atom is -0.497 e. The van der Waals surface area contributed by atoms with Gasteiger partial charge in [0, 0.05) is 11.6 Å². The van der Waals surface area contributed by atoms with Crippen LogP contribution in [0.25, 0.3) is 11.3 Å². The number of carbonyl (C=O) groups excluding carboxylic acids is 1. The van der Waals surface area contributed by atoms with Crippen molar-refractivity contribution in [2.75, 3.05) is 12.8 Å². The van der Waals surface area contributed by atoms with E-state index in [1.807, 2.05) is 38.1 Å². The van der Waals surface area contributed by atoms with Crippen LogP contribution < -0.4 is 15.8 Å². The molecule has 1 heterocycles. The highest BCUT2D eigenvalue weighted by atomic mass is 32.1. The maximum absolute atomic E-state index is 12.1. The summed E-state index contributed by atoms with van der Waals surface area (Å²) in [5.41, 5.74) is 8.01. The minimum atomic E-state index is -0.167. The van der Waals surface area contributed by atoms with Crippen LogP contribution in [0.15, 0.2) is 24.3 Å². The third-order valence-electron chi connectivity index (χ3n) is 3.29. The molecule has 1 aromatic heterocycles. The summed E-state index contributed by atoms with van der Waals surface area (Å²) in [5.74, 6) is 0.599. The summed E-state index contributed by atoms with van der Waals surface area (Å²) >= 11 is 1.12. The number of nitrogens with zero attached hydrogens (tertiary/aromatic N) is 1. The molecule has 21 heavy (non-hydrogen) atoms. The smallest absolute Gasteiger partial charge is 0.265 e. The number of hydrogen-bond acceptors (Lipinski definition) is 5. The molecule has 0 spiro atoms. The van der Waals surface area contributed by atoms with Gasteiger partial charge in [-0.15, -0.1) is 0 Å². The fraction of sp³-hybridized carbons (Fsp3) is 0.333. The molecule has 0 aliphatic carbocycles. The molecule has 0 saturated heterocycles. The van der Waals surface area contributed by atoms with Gasteiger partial charge in [0.15, 0.2) is 0 Å². The second-order valence-electron chi connectivity index (χ2n) is 4.79. The number of anilines is 1. The number of rotatable bonds is 5. The Morgan fingerprint density at radius 3 is 2.67 bits per heavy atom. The van der Waals surface area contributed by atoms with Crippen LogP contribution in [0.3, 0.4) is 0 Å². The van der Waals surface area contributed by atoms with Crippen molar-refractivity contribution < 1.29 is 9.53 Å². The molecule has 1 aromatic carbocycles. The maximum atomic E-state index is 12.1. The normalized spacial score (nSPS) is 12.0. The van der Waals surface area contributed by atoms with Crippen LogP contribution in [0.1, 0.15) is 29.9 Å². The molecule has 0 aliphatic rings. The van der Waals surface area contributed by atoms with Gasteiger partial charge >= 0.3 is 0 Å². The molecule has 1 amide bonds. The Hall–Kier alpha value is -2.08. The van der Waals surface area contributed by atoms with Crippen molar-refractivity contribution in [3.63, 3.8) is 0 Å². The average molecular weight is 305 g/mol.